The lowest BCUT2D eigenvalue weighted by atomic mass is 9.98. The van der Waals surface area contributed by atoms with Crippen LogP contribution in [0.15, 0.2) is 12.4 Å². The number of piperidine rings is 1. The maximum atomic E-state index is 12.8. The number of rotatable bonds is 4. The van der Waals surface area contributed by atoms with Gasteiger partial charge in [0.25, 0.3) is 0 Å². The second-order valence-corrected chi connectivity index (χ2v) is 5.71. The lowest BCUT2D eigenvalue weighted by Crippen LogP contribution is -2.46. The number of fused-ring (bicyclic) bond motifs is 2. The maximum absolute atomic E-state index is 12.8. The van der Waals surface area contributed by atoms with Crippen molar-refractivity contribution in [1.82, 2.24) is 19.8 Å². The molecule has 2 fully saturated rings. The van der Waals surface area contributed by atoms with Crippen molar-refractivity contribution in [2.45, 2.75) is 56.9 Å². The van der Waals surface area contributed by atoms with Gasteiger partial charge in [-0.15, -0.1) is 24.8 Å². The van der Waals surface area contributed by atoms with Crippen molar-refractivity contribution in [1.29, 1.82) is 0 Å². The van der Waals surface area contributed by atoms with Gasteiger partial charge in [0.2, 0.25) is 0 Å². The van der Waals surface area contributed by atoms with Gasteiger partial charge in [-0.25, -0.2) is 4.98 Å². The largest absolute Gasteiger partial charge is 0.319 e. The van der Waals surface area contributed by atoms with Crippen LogP contribution in [-0.4, -0.2) is 39.6 Å². The zero-order valence-electron chi connectivity index (χ0n) is 11.9. The van der Waals surface area contributed by atoms with E-state index in [9.17, 15) is 8.78 Å². The van der Waals surface area contributed by atoms with Gasteiger partial charge < -0.3 is 5.32 Å². The average molecular weight is 343 g/mol. The third kappa shape index (κ3) is 4.06. The Bertz CT molecular complexity index is 432. The summed E-state index contributed by atoms with van der Waals surface area (Å²) < 4.78 is 26.5. The molecule has 0 saturated carbocycles. The van der Waals surface area contributed by atoms with E-state index >= 15 is 0 Å². The molecule has 0 radical (unpaired) electrons. The highest BCUT2D eigenvalue weighted by atomic mass is 35.5. The number of hydrogen-bond donors (Lipinski definition) is 1. The Hall–Kier alpha value is -0.430. The number of alkyl halides is 2. The number of nitrogens with one attached hydrogen (secondary N) is 1. The number of imidazole rings is 1. The van der Waals surface area contributed by atoms with Gasteiger partial charge in [0.1, 0.15) is 5.82 Å². The van der Waals surface area contributed by atoms with E-state index < -0.39 is 6.55 Å². The molecule has 2 unspecified atom stereocenters. The first-order valence-electron chi connectivity index (χ1n) is 6.89. The number of nitrogens with zero attached hydrogens (tertiary/aromatic N) is 3. The van der Waals surface area contributed by atoms with Crippen LogP contribution in [0.1, 0.15) is 38.1 Å². The Kier molecular flexibility index (Phi) is 6.84. The first kappa shape index (κ1) is 18.6. The van der Waals surface area contributed by atoms with Crippen LogP contribution in [0.4, 0.5) is 8.78 Å². The summed E-state index contributed by atoms with van der Waals surface area (Å²) in [5.41, 5.74) is 0. The SMILES string of the molecule is CN(Cc1nccn1C(F)F)C1CC2CCC(C1)N2.Cl.Cl. The quantitative estimate of drug-likeness (QED) is 0.913. The lowest BCUT2D eigenvalue weighted by Gasteiger charge is -2.35. The summed E-state index contributed by atoms with van der Waals surface area (Å²) in [7, 11) is 2.01. The summed E-state index contributed by atoms with van der Waals surface area (Å²) in [4.78, 5) is 6.23. The van der Waals surface area contributed by atoms with Crippen molar-refractivity contribution < 1.29 is 8.78 Å². The van der Waals surface area contributed by atoms with Gasteiger partial charge >= 0.3 is 6.55 Å². The molecule has 1 N–H and O–H groups in total. The number of hydrogen-bond acceptors (Lipinski definition) is 3. The molecule has 3 heterocycles. The fourth-order valence-corrected chi connectivity index (χ4v) is 3.38. The molecule has 2 aliphatic heterocycles. The predicted molar refractivity (Wildman–Crippen MR) is 82.4 cm³/mol. The van der Waals surface area contributed by atoms with E-state index in [0.717, 1.165) is 17.4 Å². The van der Waals surface area contributed by atoms with Crippen molar-refractivity contribution in [2.75, 3.05) is 7.05 Å². The van der Waals surface area contributed by atoms with E-state index in [-0.39, 0.29) is 24.8 Å². The van der Waals surface area contributed by atoms with Crippen LogP contribution in [-0.2, 0) is 6.54 Å². The molecular weight excluding hydrogens is 321 g/mol. The molecule has 2 aliphatic rings. The minimum absolute atomic E-state index is 0. The molecule has 2 bridgehead atoms. The first-order chi connectivity index (χ1) is 9.13. The molecule has 0 aliphatic carbocycles. The van der Waals surface area contributed by atoms with Crippen molar-refractivity contribution in [3.63, 3.8) is 0 Å². The minimum atomic E-state index is -2.50. The summed E-state index contributed by atoms with van der Waals surface area (Å²) in [6.45, 7) is -2.02. The first-order valence-corrected chi connectivity index (χ1v) is 6.89. The number of halogens is 4. The zero-order chi connectivity index (χ0) is 13.4. The van der Waals surface area contributed by atoms with Crippen LogP contribution >= 0.6 is 24.8 Å². The zero-order valence-corrected chi connectivity index (χ0v) is 13.5. The van der Waals surface area contributed by atoms with Crippen LogP contribution in [0.5, 0.6) is 0 Å². The normalized spacial score (nSPS) is 27.6. The standard InChI is InChI=1S/C13H20F2N4.2ClH/c1-18(8-12-16-4-5-19(12)13(14)15)11-6-9-2-3-10(7-11)17-9;;/h4-5,9-11,13,17H,2-3,6-8H2,1H3;2*1H. The van der Waals surface area contributed by atoms with Crippen molar-refractivity contribution >= 4 is 24.8 Å². The Balaban J connectivity index is 0.00000110. The van der Waals surface area contributed by atoms with Gasteiger partial charge in [0, 0.05) is 30.5 Å². The Morgan fingerprint density at radius 2 is 1.95 bits per heavy atom. The van der Waals surface area contributed by atoms with Crippen molar-refractivity contribution in [2.24, 2.45) is 0 Å². The van der Waals surface area contributed by atoms with Crippen LogP contribution in [0, 0.1) is 0 Å². The second kappa shape index (κ2) is 7.72. The van der Waals surface area contributed by atoms with Gasteiger partial charge in [0.05, 0.1) is 6.54 Å². The number of aromatic nitrogens is 2. The van der Waals surface area contributed by atoms with Crippen LogP contribution in [0.2, 0.25) is 0 Å². The molecule has 1 aromatic heterocycles. The molecule has 21 heavy (non-hydrogen) atoms. The molecule has 2 saturated heterocycles. The second-order valence-electron chi connectivity index (χ2n) is 5.71. The minimum Gasteiger partial charge on any atom is -0.311 e. The highest BCUT2D eigenvalue weighted by Crippen LogP contribution is 2.29. The molecule has 0 spiro atoms. The van der Waals surface area contributed by atoms with E-state index in [1.54, 1.807) is 0 Å². The van der Waals surface area contributed by atoms with Crippen LogP contribution < -0.4 is 5.32 Å². The van der Waals surface area contributed by atoms with Gasteiger partial charge in [-0.2, -0.15) is 8.78 Å². The van der Waals surface area contributed by atoms with Gasteiger partial charge in [-0.1, -0.05) is 0 Å². The lowest BCUT2D eigenvalue weighted by molar-refractivity contribution is 0.0620. The molecule has 1 aromatic rings. The Morgan fingerprint density at radius 1 is 1.33 bits per heavy atom. The molecule has 2 atom stereocenters. The van der Waals surface area contributed by atoms with Crippen molar-refractivity contribution in [3.05, 3.63) is 18.2 Å². The van der Waals surface area contributed by atoms with Gasteiger partial charge in [0.15, 0.2) is 0 Å². The fraction of sp³-hybridized carbons (Fsp3) is 0.769. The maximum Gasteiger partial charge on any atom is 0.319 e. The summed E-state index contributed by atoms with van der Waals surface area (Å²) in [5.74, 6) is 0.448. The molecular formula is C13H22Cl2F2N4. The topological polar surface area (TPSA) is 33.1 Å². The molecule has 0 amide bonds. The van der Waals surface area contributed by atoms with Gasteiger partial charge in [-0.05, 0) is 32.7 Å². The van der Waals surface area contributed by atoms with Crippen LogP contribution in [0.25, 0.3) is 0 Å². The molecule has 4 nitrogen and oxygen atoms in total. The monoisotopic (exact) mass is 342 g/mol. The summed E-state index contributed by atoms with van der Waals surface area (Å²) in [6, 6.07) is 1.70. The summed E-state index contributed by atoms with van der Waals surface area (Å²) >= 11 is 0. The van der Waals surface area contributed by atoms with E-state index in [4.69, 9.17) is 0 Å². The summed E-state index contributed by atoms with van der Waals surface area (Å²) in [5, 5.41) is 3.60. The predicted octanol–water partition coefficient (Wildman–Crippen LogP) is 2.84. The third-order valence-electron chi connectivity index (χ3n) is 4.42. The molecule has 8 heteroatoms. The highest BCUT2D eigenvalue weighted by Gasteiger charge is 2.35. The Labute approximate surface area is 136 Å². The highest BCUT2D eigenvalue weighted by molar-refractivity contribution is 5.85. The van der Waals surface area contributed by atoms with E-state index in [0.29, 0.717) is 30.5 Å². The van der Waals surface area contributed by atoms with E-state index in [1.165, 1.54) is 25.2 Å². The van der Waals surface area contributed by atoms with Gasteiger partial charge in [-0.3, -0.25) is 9.47 Å². The molecule has 3 rings (SSSR count). The third-order valence-corrected chi connectivity index (χ3v) is 4.42. The van der Waals surface area contributed by atoms with E-state index in [2.05, 4.69) is 15.2 Å². The fourth-order valence-electron chi connectivity index (χ4n) is 3.38. The van der Waals surface area contributed by atoms with E-state index in [1.807, 2.05) is 7.05 Å². The average Bonchev–Trinajstić information content (AvgIpc) is 2.96. The summed E-state index contributed by atoms with van der Waals surface area (Å²) in [6.07, 6.45) is 7.52. The smallest absolute Gasteiger partial charge is 0.311 e. The van der Waals surface area contributed by atoms with Crippen LogP contribution in [0.3, 0.4) is 0 Å². The molecule has 122 valence electrons. The Morgan fingerprint density at radius 3 is 2.52 bits per heavy atom. The van der Waals surface area contributed by atoms with Crippen molar-refractivity contribution in [3.8, 4) is 0 Å². The molecule has 0 aromatic carbocycles.